The van der Waals surface area contributed by atoms with Gasteiger partial charge in [-0.25, -0.2) is 0 Å². The average molecular weight is 454 g/mol. The van der Waals surface area contributed by atoms with Crippen molar-refractivity contribution in [1.29, 1.82) is 0 Å². The van der Waals surface area contributed by atoms with Gasteiger partial charge in [0.2, 0.25) is 0 Å². The summed E-state index contributed by atoms with van der Waals surface area (Å²) in [6.45, 7) is 2.02. The van der Waals surface area contributed by atoms with Gasteiger partial charge in [-0.3, -0.25) is 4.79 Å². The molecule has 0 amide bonds. The molecule has 152 valence electrons. The van der Waals surface area contributed by atoms with E-state index in [1.165, 1.54) is 19.2 Å². The maximum Gasteiger partial charge on any atom is 1.00 e. The van der Waals surface area contributed by atoms with Crippen LogP contribution in [0.4, 0.5) is 0 Å². The first-order valence-corrected chi connectivity index (χ1v) is 9.96. The van der Waals surface area contributed by atoms with Gasteiger partial charge in [0, 0.05) is 18.6 Å². The Morgan fingerprint density at radius 2 is 1.57 bits per heavy atom. The zero-order valence-electron chi connectivity index (χ0n) is 17.8. The molecule has 30 heavy (non-hydrogen) atoms. The van der Waals surface area contributed by atoms with Gasteiger partial charge in [-0.1, -0.05) is 12.1 Å². The zero-order chi connectivity index (χ0) is 20.7. The minimum Gasteiger partial charge on any atom is -0.780 e. The Morgan fingerprint density at radius 1 is 0.967 bits per heavy atom. The molecule has 0 atom stereocenters. The van der Waals surface area contributed by atoms with Crippen molar-refractivity contribution in [3.63, 3.8) is 0 Å². The summed E-state index contributed by atoms with van der Waals surface area (Å²) < 4.78 is 31.2. The Hall–Kier alpha value is -0.540. The number of hydrogen-bond donors (Lipinski definition) is 0. The summed E-state index contributed by atoms with van der Waals surface area (Å²) in [5, 5.41) is 0. The molecule has 0 spiro atoms. The van der Waals surface area contributed by atoms with Crippen LogP contribution in [0.3, 0.4) is 0 Å². The molecular formula is C19H21Na2O8P. The van der Waals surface area contributed by atoms with E-state index in [-0.39, 0.29) is 82.6 Å². The fraction of sp³-hybridized carbons (Fsp3) is 0.316. The van der Waals surface area contributed by atoms with E-state index >= 15 is 0 Å². The second kappa shape index (κ2) is 13.8. The van der Waals surface area contributed by atoms with E-state index in [1.807, 2.05) is 12.1 Å². The van der Waals surface area contributed by atoms with Crippen LogP contribution in [-0.2, 0) is 11.0 Å². The molecule has 0 fully saturated rings. The number of hydrogen-bond acceptors (Lipinski definition) is 8. The van der Waals surface area contributed by atoms with Crippen molar-refractivity contribution in [2.75, 3.05) is 20.8 Å². The number of rotatable bonds is 10. The van der Waals surface area contributed by atoms with Crippen LogP contribution >= 0.6 is 7.82 Å². The molecule has 0 bridgehead atoms. The molecule has 0 unspecified atom stereocenters. The van der Waals surface area contributed by atoms with Crippen molar-refractivity contribution >= 4 is 13.6 Å². The topological polar surface area (TPSA) is 117 Å². The van der Waals surface area contributed by atoms with E-state index in [4.69, 9.17) is 14.2 Å². The maximum absolute atomic E-state index is 12.8. The van der Waals surface area contributed by atoms with E-state index in [1.54, 1.807) is 26.2 Å². The van der Waals surface area contributed by atoms with Gasteiger partial charge in [0.1, 0.15) is 36.4 Å². The number of ketones is 1. The molecule has 0 aliphatic carbocycles. The maximum atomic E-state index is 12.8. The Labute approximate surface area is 220 Å². The van der Waals surface area contributed by atoms with Gasteiger partial charge in [0.15, 0.2) is 5.78 Å². The molecule has 2 rings (SSSR count). The van der Waals surface area contributed by atoms with Crippen molar-refractivity contribution in [2.24, 2.45) is 0 Å². The molecule has 11 heteroatoms. The summed E-state index contributed by atoms with van der Waals surface area (Å²) in [5.41, 5.74) is 0.770. The largest absolute Gasteiger partial charge is 1.00 e. The van der Waals surface area contributed by atoms with E-state index in [0.29, 0.717) is 18.8 Å². The molecule has 0 heterocycles. The van der Waals surface area contributed by atoms with Crippen LogP contribution in [-0.4, -0.2) is 26.6 Å². The quantitative estimate of drug-likeness (QED) is 0.204. The predicted octanol–water partition coefficient (Wildman–Crippen LogP) is -3.87. The standard InChI is InChI=1S/C19H23O8P.2Na/c1-4-26-15-11-17(25-3)19(18(12-15)27-28(21,22)23)16(20)10-7-13-5-8-14(24-2)9-6-13;;/h5-6,8-9,11-12H,4,7,10H2,1-3H3,(H2,21,22,23);;/q;2*+1/p-2. The normalized spacial score (nSPS) is 10.3. The smallest absolute Gasteiger partial charge is 0.780 e. The van der Waals surface area contributed by atoms with Crippen LogP contribution in [0, 0.1) is 0 Å². The molecule has 0 saturated carbocycles. The molecule has 0 radical (unpaired) electrons. The van der Waals surface area contributed by atoms with E-state index in [0.717, 1.165) is 5.56 Å². The molecule has 0 N–H and O–H groups in total. The number of aryl methyl sites for hydroxylation is 1. The van der Waals surface area contributed by atoms with Crippen molar-refractivity contribution in [1.82, 2.24) is 0 Å². The molecule has 0 aromatic heterocycles. The SMILES string of the molecule is CCOc1cc(OC)c(C(=O)CCc2ccc(OC)cc2)c(OP(=O)([O-])[O-])c1.[Na+].[Na+]. The molecule has 0 aliphatic heterocycles. The summed E-state index contributed by atoms with van der Waals surface area (Å²) in [5.74, 6) is 0.138. The summed E-state index contributed by atoms with van der Waals surface area (Å²) >= 11 is 0. The summed E-state index contributed by atoms with van der Waals surface area (Å²) in [6, 6.07) is 9.82. The van der Waals surface area contributed by atoms with Crippen molar-refractivity contribution < 1.29 is 97.0 Å². The van der Waals surface area contributed by atoms with Gasteiger partial charge >= 0.3 is 59.1 Å². The van der Waals surface area contributed by atoms with Crippen LogP contribution < -0.4 is 87.6 Å². The molecule has 0 aliphatic rings. The molecule has 2 aromatic carbocycles. The monoisotopic (exact) mass is 454 g/mol. The number of methoxy groups -OCH3 is 2. The van der Waals surface area contributed by atoms with Crippen molar-refractivity contribution in [3.05, 3.63) is 47.5 Å². The van der Waals surface area contributed by atoms with Gasteiger partial charge in [-0.15, -0.1) is 0 Å². The minimum atomic E-state index is -5.39. The second-order valence-corrected chi connectivity index (χ2v) is 6.82. The first kappa shape index (κ1) is 29.5. The minimum absolute atomic E-state index is 0. The Kier molecular flexibility index (Phi) is 13.5. The number of carbonyl (C=O) groups is 1. The third-order valence-corrected chi connectivity index (χ3v) is 4.28. The fourth-order valence-corrected chi connectivity index (χ4v) is 3.00. The van der Waals surface area contributed by atoms with Crippen LogP contribution in [0.5, 0.6) is 23.0 Å². The van der Waals surface area contributed by atoms with Crippen LogP contribution in [0.1, 0.15) is 29.3 Å². The van der Waals surface area contributed by atoms with E-state index in [9.17, 15) is 19.1 Å². The zero-order valence-corrected chi connectivity index (χ0v) is 22.7. The molecule has 0 saturated heterocycles. The molecule has 8 nitrogen and oxygen atoms in total. The van der Waals surface area contributed by atoms with Gasteiger partial charge in [-0.2, -0.15) is 0 Å². The van der Waals surface area contributed by atoms with Crippen molar-refractivity contribution in [2.45, 2.75) is 19.8 Å². The second-order valence-electron chi connectivity index (χ2n) is 5.74. The third kappa shape index (κ3) is 8.91. The number of Topliss-reactive ketones (excluding diaryl/α,β-unsaturated/α-hetero) is 1. The van der Waals surface area contributed by atoms with Crippen LogP contribution in [0.25, 0.3) is 0 Å². The molecule has 2 aromatic rings. The van der Waals surface area contributed by atoms with Gasteiger partial charge in [0.25, 0.3) is 0 Å². The number of ether oxygens (including phenoxy) is 3. The van der Waals surface area contributed by atoms with Gasteiger partial charge < -0.3 is 33.1 Å². The number of carbonyl (C=O) groups excluding carboxylic acids is 1. The Morgan fingerprint density at radius 3 is 2.07 bits per heavy atom. The first-order chi connectivity index (χ1) is 13.3. The summed E-state index contributed by atoms with van der Waals surface area (Å²) in [6.07, 6.45) is 0.445. The number of phosphoric acid groups is 1. The van der Waals surface area contributed by atoms with Crippen LogP contribution in [0.2, 0.25) is 0 Å². The first-order valence-electron chi connectivity index (χ1n) is 8.50. The fourth-order valence-electron chi connectivity index (χ4n) is 2.62. The Balaban J connectivity index is 0.00000420. The summed E-state index contributed by atoms with van der Waals surface area (Å²) in [7, 11) is -2.51. The predicted molar refractivity (Wildman–Crippen MR) is 98.0 cm³/mol. The average Bonchev–Trinajstić information content (AvgIpc) is 2.65. The van der Waals surface area contributed by atoms with Gasteiger partial charge in [0.05, 0.1) is 20.8 Å². The molecular weight excluding hydrogens is 433 g/mol. The summed E-state index contributed by atoms with van der Waals surface area (Å²) in [4.78, 5) is 35.0. The third-order valence-electron chi connectivity index (χ3n) is 3.86. The van der Waals surface area contributed by atoms with Crippen molar-refractivity contribution in [3.8, 4) is 23.0 Å². The van der Waals surface area contributed by atoms with E-state index < -0.39 is 19.4 Å². The Bertz CT molecular complexity index is 868. The van der Waals surface area contributed by atoms with Gasteiger partial charge in [-0.05, 0) is 31.0 Å². The number of phosphoric ester groups is 1. The number of benzene rings is 2. The van der Waals surface area contributed by atoms with Crippen LogP contribution in [0.15, 0.2) is 36.4 Å². The van der Waals surface area contributed by atoms with E-state index in [2.05, 4.69) is 4.52 Å².